The zero-order valence-electron chi connectivity index (χ0n) is 12.1. The minimum atomic E-state index is 0.281. The Hall–Kier alpha value is -1.69. The highest BCUT2D eigenvalue weighted by Gasteiger charge is 2.05. The summed E-state index contributed by atoms with van der Waals surface area (Å²) in [5.41, 5.74) is 2.04. The molecule has 0 atom stereocenters. The van der Waals surface area contributed by atoms with Crippen LogP contribution < -0.4 is 10.1 Å². The number of rotatable bonds is 7. The van der Waals surface area contributed by atoms with Crippen LogP contribution in [0.25, 0.3) is 0 Å². The lowest BCUT2D eigenvalue weighted by molar-refractivity contribution is 0.199. The van der Waals surface area contributed by atoms with E-state index >= 15 is 0 Å². The lowest BCUT2D eigenvalue weighted by Crippen LogP contribution is -2.18. The fourth-order valence-electron chi connectivity index (χ4n) is 1.68. The summed E-state index contributed by atoms with van der Waals surface area (Å²) in [6.07, 6.45) is 3.46. The molecule has 0 aliphatic rings. The lowest BCUT2D eigenvalue weighted by Gasteiger charge is -2.07. The van der Waals surface area contributed by atoms with Crippen molar-refractivity contribution in [3.05, 3.63) is 46.7 Å². The maximum absolute atomic E-state index is 6.07. The van der Waals surface area contributed by atoms with Crippen molar-refractivity contribution in [3.8, 4) is 11.8 Å². The second-order valence-electron chi connectivity index (χ2n) is 4.58. The smallest absolute Gasteiger partial charge is 0.321 e. The van der Waals surface area contributed by atoms with Gasteiger partial charge in [-0.2, -0.15) is 0 Å². The van der Waals surface area contributed by atoms with Crippen LogP contribution in [0, 0.1) is 6.92 Å². The molecule has 5 nitrogen and oxygen atoms in total. The standard InChI is InChI=1S/C15H18ClN3O2/c1-11-3-4-13(16)14(7-11)21-15-18-9-12(10-19-15)8-17-5-6-20-2/h3-4,7,9-10,17H,5-6,8H2,1-2H3. The Morgan fingerprint density at radius 3 is 2.71 bits per heavy atom. The van der Waals surface area contributed by atoms with Crippen LogP contribution in [0.4, 0.5) is 0 Å². The molecule has 0 aliphatic carbocycles. The molecule has 0 radical (unpaired) electrons. The highest BCUT2D eigenvalue weighted by atomic mass is 35.5. The topological polar surface area (TPSA) is 56.3 Å². The summed E-state index contributed by atoms with van der Waals surface area (Å²) in [7, 11) is 1.67. The van der Waals surface area contributed by atoms with E-state index in [-0.39, 0.29) is 6.01 Å². The van der Waals surface area contributed by atoms with Crippen molar-refractivity contribution in [2.45, 2.75) is 13.5 Å². The number of nitrogens with zero attached hydrogens (tertiary/aromatic N) is 2. The van der Waals surface area contributed by atoms with Crippen molar-refractivity contribution >= 4 is 11.6 Å². The van der Waals surface area contributed by atoms with Crippen LogP contribution >= 0.6 is 11.6 Å². The van der Waals surface area contributed by atoms with Crippen molar-refractivity contribution < 1.29 is 9.47 Å². The third kappa shape index (κ3) is 4.97. The lowest BCUT2D eigenvalue weighted by atomic mass is 10.2. The van der Waals surface area contributed by atoms with Gasteiger partial charge in [0.15, 0.2) is 0 Å². The minimum Gasteiger partial charge on any atom is -0.423 e. The average Bonchev–Trinajstić information content (AvgIpc) is 2.49. The van der Waals surface area contributed by atoms with E-state index in [1.807, 2.05) is 19.1 Å². The Labute approximate surface area is 129 Å². The normalized spacial score (nSPS) is 10.6. The van der Waals surface area contributed by atoms with Gasteiger partial charge in [-0.25, -0.2) is 9.97 Å². The molecule has 2 rings (SSSR count). The van der Waals surface area contributed by atoms with E-state index in [1.165, 1.54) is 0 Å². The predicted octanol–water partition coefficient (Wildman–Crippen LogP) is 2.97. The molecule has 0 aliphatic heterocycles. The number of aromatic nitrogens is 2. The summed E-state index contributed by atoms with van der Waals surface area (Å²) < 4.78 is 10.6. The maximum Gasteiger partial charge on any atom is 0.321 e. The maximum atomic E-state index is 6.07. The molecule has 21 heavy (non-hydrogen) atoms. The molecule has 0 fully saturated rings. The molecule has 0 saturated carbocycles. The molecular weight excluding hydrogens is 290 g/mol. The number of methoxy groups -OCH3 is 1. The minimum absolute atomic E-state index is 0.281. The Morgan fingerprint density at radius 2 is 2.00 bits per heavy atom. The average molecular weight is 308 g/mol. The number of hydrogen-bond donors (Lipinski definition) is 1. The van der Waals surface area contributed by atoms with Gasteiger partial charge in [-0.15, -0.1) is 0 Å². The van der Waals surface area contributed by atoms with Crippen LogP contribution in [-0.4, -0.2) is 30.2 Å². The zero-order chi connectivity index (χ0) is 15.1. The fourth-order valence-corrected chi connectivity index (χ4v) is 1.84. The second kappa shape index (κ2) is 7.93. The highest BCUT2D eigenvalue weighted by Crippen LogP contribution is 2.28. The van der Waals surface area contributed by atoms with Crippen LogP contribution in [0.15, 0.2) is 30.6 Å². The van der Waals surface area contributed by atoms with Crippen LogP contribution in [0.2, 0.25) is 5.02 Å². The first-order valence-electron chi connectivity index (χ1n) is 6.63. The third-order valence-corrected chi connectivity index (χ3v) is 3.09. The molecule has 1 heterocycles. The molecule has 0 spiro atoms. The Bertz CT molecular complexity index is 576. The van der Waals surface area contributed by atoms with E-state index in [1.54, 1.807) is 25.6 Å². The monoisotopic (exact) mass is 307 g/mol. The van der Waals surface area contributed by atoms with Crippen LogP contribution in [0.3, 0.4) is 0 Å². The summed E-state index contributed by atoms with van der Waals surface area (Å²) in [5, 5.41) is 3.76. The second-order valence-corrected chi connectivity index (χ2v) is 4.99. The van der Waals surface area contributed by atoms with E-state index in [0.29, 0.717) is 23.9 Å². The predicted molar refractivity (Wildman–Crippen MR) is 81.9 cm³/mol. The van der Waals surface area contributed by atoms with Crippen molar-refractivity contribution in [2.75, 3.05) is 20.3 Å². The molecule has 112 valence electrons. The van der Waals surface area contributed by atoms with E-state index in [9.17, 15) is 0 Å². The number of nitrogens with one attached hydrogen (secondary N) is 1. The van der Waals surface area contributed by atoms with Crippen molar-refractivity contribution in [2.24, 2.45) is 0 Å². The molecule has 0 unspecified atom stereocenters. The van der Waals surface area contributed by atoms with E-state index in [0.717, 1.165) is 17.7 Å². The van der Waals surface area contributed by atoms with E-state index in [2.05, 4.69) is 15.3 Å². The SMILES string of the molecule is COCCNCc1cnc(Oc2cc(C)ccc2Cl)nc1. The van der Waals surface area contributed by atoms with Gasteiger partial charge in [-0.1, -0.05) is 17.7 Å². The molecule has 0 bridgehead atoms. The summed E-state index contributed by atoms with van der Waals surface area (Å²) in [6.45, 7) is 4.12. The van der Waals surface area contributed by atoms with Gasteiger partial charge in [0.25, 0.3) is 0 Å². The number of benzene rings is 1. The molecule has 0 saturated heterocycles. The van der Waals surface area contributed by atoms with E-state index < -0.39 is 0 Å². The number of hydrogen-bond acceptors (Lipinski definition) is 5. The van der Waals surface area contributed by atoms with Gasteiger partial charge in [-0.05, 0) is 24.6 Å². The Balaban J connectivity index is 1.94. The Morgan fingerprint density at radius 1 is 1.24 bits per heavy atom. The van der Waals surface area contributed by atoms with Crippen molar-refractivity contribution in [1.29, 1.82) is 0 Å². The quantitative estimate of drug-likeness (QED) is 0.797. The van der Waals surface area contributed by atoms with Crippen LogP contribution in [-0.2, 0) is 11.3 Å². The zero-order valence-corrected chi connectivity index (χ0v) is 12.9. The molecule has 1 aromatic heterocycles. The molecule has 6 heteroatoms. The first-order valence-corrected chi connectivity index (χ1v) is 7.01. The van der Waals surface area contributed by atoms with Crippen LogP contribution in [0.1, 0.15) is 11.1 Å². The van der Waals surface area contributed by atoms with Crippen LogP contribution in [0.5, 0.6) is 11.8 Å². The first-order chi connectivity index (χ1) is 10.2. The molecular formula is C15H18ClN3O2. The number of halogens is 1. The number of aryl methyl sites for hydroxylation is 1. The van der Waals surface area contributed by atoms with Gasteiger partial charge in [0.1, 0.15) is 5.75 Å². The van der Waals surface area contributed by atoms with Gasteiger partial charge in [0.05, 0.1) is 11.6 Å². The summed E-state index contributed by atoms with van der Waals surface area (Å²) in [5.74, 6) is 0.558. The van der Waals surface area contributed by atoms with Crippen molar-refractivity contribution in [1.82, 2.24) is 15.3 Å². The number of ether oxygens (including phenoxy) is 2. The van der Waals surface area contributed by atoms with Crippen molar-refractivity contribution in [3.63, 3.8) is 0 Å². The van der Waals surface area contributed by atoms with Gasteiger partial charge in [-0.3, -0.25) is 0 Å². The van der Waals surface area contributed by atoms with Gasteiger partial charge in [0, 0.05) is 38.2 Å². The third-order valence-electron chi connectivity index (χ3n) is 2.78. The molecule has 1 N–H and O–H groups in total. The summed E-state index contributed by atoms with van der Waals surface area (Å²) >= 11 is 6.07. The van der Waals surface area contributed by atoms with Gasteiger partial charge >= 0.3 is 6.01 Å². The molecule has 1 aromatic carbocycles. The van der Waals surface area contributed by atoms with Gasteiger partial charge < -0.3 is 14.8 Å². The van der Waals surface area contributed by atoms with E-state index in [4.69, 9.17) is 21.1 Å². The summed E-state index contributed by atoms with van der Waals surface area (Å²) in [4.78, 5) is 8.36. The van der Waals surface area contributed by atoms with Gasteiger partial charge in [0.2, 0.25) is 0 Å². The fraction of sp³-hybridized carbons (Fsp3) is 0.333. The highest BCUT2D eigenvalue weighted by molar-refractivity contribution is 6.32. The molecule has 2 aromatic rings. The first kappa shape index (κ1) is 15.7. The largest absolute Gasteiger partial charge is 0.423 e. The Kier molecular flexibility index (Phi) is 5.92. The summed E-state index contributed by atoms with van der Waals surface area (Å²) in [6, 6.07) is 5.85. The molecule has 0 amide bonds.